The van der Waals surface area contributed by atoms with Gasteiger partial charge < -0.3 is 19.7 Å². The van der Waals surface area contributed by atoms with Gasteiger partial charge in [0.15, 0.2) is 17.6 Å². The average Bonchev–Trinajstić information content (AvgIpc) is 2.75. The Kier molecular flexibility index (Phi) is 6.01. The molecule has 0 spiro atoms. The van der Waals surface area contributed by atoms with Crippen molar-refractivity contribution in [2.45, 2.75) is 6.10 Å². The second-order valence-electron chi connectivity index (χ2n) is 5.96. The van der Waals surface area contributed by atoms with Crippen molar-refractivity contribution in [3.05, 3.63) is 95.6 Å². The summed E-state index contributed by atoms with van der Waals surface area (Å²) >= 11 is 0. The molecule has 0 bridgehead atoms. The predicted molar refractivity (Wildman–Crippen MR) is 102 cm³/mol. The number of hydrogen-bond donors (Lipinski definition) is 2. The Morgan fingerprint density at radius 2 is 1.17 bits per heavy atom. The molecule has 0 aliphatic heterocycles. The van der Waals surface area contributed by atoms with E-state index in [0.29, 0.717) is 0 Å². The van der Waals surface area contributed by atoms with Crippen molar-refractivity contribution in [2.24, 2.45) is 0 Å². The van der Waals surface area contributed by atoms with Crippen LogP contribution in [0.5, 0.6) is 11.5 Å². The van der Waals surface area contributed by atoms with Gasteiger partial charge in [0.1, 0.15) is 0 Å². The minimum absolute atomic E-state index is 0.0344. The molecule has 3 rings (SSSR count). The molecule has 7 heteroatoms. The minimum Gasteiger partial charge on any atom is -0.479 e. The number of aliphatic carboxylic acids is 1. The summed E-state index contributed by atoms with van der Waals surface area (Å²) in [5.41, 5.74) is 0.493. The maximum Gasteiger partial charge on any atom is 0.343 e. The largest absolute Gasteiger partial charge is 0.479 e. The fourth-order valence-corrected chi connectivity index (χ4v) is 2.47. The van der Waals surface area contributed by atoms with Crippen LogP contribution >= 0.6 is 0 Å². The van der Waals surface area contributed by atoms with Gasteiger partial charge in [-0.1, -0.05) is 42.5 Å². The summed E-state index contributed by atoms with van der Waals surface area (Å²) in [7, 11) is 0. The van der Waals surface area contributed by atoms with Crippen molar-refractivity contribution in [3.63, 3.8) is 0 Å². The van der Waals surface area contributed by atoms with Crippen LogP contribution < -0.4 is 9.47 Å². The number of benzene rings is 3. The molecular formula is C22H16O7. The van der Waals surface area contributed by atoms with E-state index < -0.39 is 24.0 Å². The molecule has 146 valence electrons. The number of carboxylic acid groups (broad SMARTS) is 1. The van der Waals surface area contributed by atoms with Crippen LogP contribution in [-0.4, -0.2) is 28.1 Å². The van der Waals surface area contributed by atoms with Gasteiger partial charge in [0, 0.05) is 0 Å². The van der Waals surface area contributed by atoms with E-state index in [1.165, 1.54) is 24.3 Å². The molecule has 0 aliphatic rings. The molecule has 1 unspecified atom stereocenters. The highest BCUT2D eigenvalue weighted by atomic mass is 16.6. The topological polar surface area (TPSA) is 110 Å². The molecule has 0 fully saturated rings. The fraction of sp³-hybridized carbons (Fsp3) is 0.0455. The summed E-state index contributed by atoms with van der Waals surface area (Å²) in [6, 6.07) is 20.0. The van der Waals surface area contributed by atoms with Crippen molar-refractivity contribution in [1.82, 2.24) is 0 Å². The van der Waals surface area contributed by atoms with Gasteiger partial charge >= 0.3 is 17.9 Å². The van der Waals surface area contributed by atoms with Crippen LogP contribution in [0.1, 0.15) is 32.4 Å². The van der Waals surface area contributed by atoms with Gasteiger partial charge in [0.2, 0.25) is 0 Å². The van der Waals surface area contributed by atoms with Gasteiger partial charge in [-0.05, 0) is 42.0 Å². The Hall–Kier alpha value is -3.97. The molecule has 0 saturated carbocycles. The Morgan fingerprint density at radius 3 is 1.66 bits per heavy atom. The second kappa shape index (κ2) is 8.81. The third-order valence-corrected chi connectivity index (χ3v) is 3.94. The summed E-state index contributed by atoms with van der Waals surface area (Å²) in [4.78, 5) is 35.8. The van der Waals surface area contributed by atoms with Crippen molar-refractivity contribution in [2.75, 3.05) is 0 Å². The number of hydrogen-bond acceptors (Lipinski definition) is 6. The molecule has 2 N–H and O–H groups in total. The number of carbonyl (C=O) groups excluding carboxylic acids is 2. The van der Waals surface area contributed by atoms with Crippen molar-refractivity contribution in [3.8, 4) is 11.5 Å². The molecule has 3 aromatic rings. The van der Waals surface area contributed by atoms with E-state index in [-0.39, 0.29) is 28.2 Å². The summed E-state index contributed by atoms with van der Waals surface area (Å²) in [5, 5.41) is 18.8. The van der Waals surface area contributed by atoms with Crippen LogP contribution in [0.25, 0.3) is 0 Å². The average molecular weight is 392 g/mol. The maximum atomic E-state index is 12.4. The monoisotopic (exact) mass is 392 g/mol. The van der Waals surface area contributed by atoms with E-state index in [1.807, 2.05) is 0 Å². The highest BCUT2D eigenvalue weighted by Crippen LogP contribution is 2.32. The van der Waals surface area contributed by atoms with Crippen LogP contribution in [-0.2, 0) is 4.79 Å². The summed E-state index contributed by atoms with van der Waals surface area (Å²) in [6.45, 7) is 0. The number of carbonyl (C=O) groups is 3. The van der Waals surface area contributed by atoms with Crippen LogP contribution in [0.2, 0.25) is 0 Å². The Labute approximate surface area is 165 Å². The van der Waals surface area contributed by atoms with Gasteiger partial charge in [-0.25, -0.2) is 14.4 Å². The van der Waals surface area contributed by atoms with Crippen LogP contribution in [0.4, 0.5) is 0 Å². The first-order chi connectivity index (χ1) is 14.0. The lowest BCUT2D eigenvalue weighted by molar-refractivity contribution is -0.146. The zero-order valence-corrected chi connectivity index (χ0v) is 15.0. The maximum absolute atomic E-state index is 12.4. The number of aliphatic hydroxyl groups is 1. The SMILES string of the molecule is O=C(Oc1ccc(C(O)C(=O)O)cc1OC(=O)c1ccccc1)c1ccccc1. The van der Waals surface area contributed by atoms with Crippen LogP contribution in [0.15, 0.2) is 78.9 Å². The number of rotatable bonds is 6. The lowest BCUT2D eigenvalue weighted by atomic mass is 10.1. The van der Waals surface area contributed by atoms with Gasteiger partial charge in [-0.15, -0.1) is 0 Å². The zero-order valence-electron chi connectivity index (χ0n) is 15.0. The number of esters is 2. The van der Waals surface area contributed by atoms with Gasteiger partial charge in [0.05, 0.1) is 11.1 Å². The number of carboxylic acids is 1. The molecular weight excluding hydrogens is 376 g/mol. The van der Waals surface area contributed by atoms with E-state index in [4.69, 9.17) is 14.6 Å². The number of aliphatic hydroxyl groups excluding tert-OH is 1. The third-order valence-electron chi connectivity index (χ3n) is 3.94. The highest BCUT2D eigenvalue weighted by molar-refractivity contribution is 5.93. The highest BCUT2D eigenvalue weighted by Gasteiger charge is 2.21. The summed E-state index contributed by atoms with van der Waals surface area (Å²) in [6.07, 6.45) is -1.83. The Morgan fingerprint density at radius 1 is 0.690 bits per heavy atom. The van der Waals surface area contributed by atoms with Crippen molar-refractivity contribution in [1.29, 1.82) is 0 Å². The first-order valence-corrected chi connectivity index (χ1v) is 8.55. The van der Waals surface area contributed by atoms with E-state index in [0.717, 1.165) is 6.07 Å². The molecule has 0 radical (unpaired) electrons. The second-order valence-corrected chi connectivity index (χ2v) is 5.96. The Balaban J connectivity index is 1.93. The van der Waals surface area contributed by atoms with Crippen LogP contribution in [0.3, 0.4) is 0 Å². The molecule has 0 heterocycles. The lowest BCUT2D eigenvalue weighted by Crippen LogP contribution is -2.14. The molecule has 0 aliphatic carbocycles. The number of ether oxygens (including phenoxy) is 2. The minimum atomic E-state index is -1.83. The molecule has 1 atom stereocenters. The first-order valence-electron chi connectivity index (χ1n) is 8.55. The Bertz CT molecular complexity index is 1030. The standard InChI is InChI=1S/C22H16O7/c23-19(20(24)25)16-11-12-17(28-21(26)14-7-3-1-4-8-14)18(13-16)29-22(27)15-9-5-2-6-10-15/h1-13,19,23H,(H,24,25). The molecule has 29 heavy (non-hydrogen) atoms. The van der Waals surface area contributed by atoms with Gasteiger partial charge in [0.25, 0.3) is 0 Å². The van der Waals surface area contributed by atoms with E-state index in [2.05, 4.69) is 0 Å². The summed E-state index contributed by atoms with van der Waals surface area (Å²) in [5.74, 6) is -3.18. The van der Waals surface area contributed by atoms with Crippen molar-refractivity contribution < 1.29 is 34.1 Å². The predicted octanol–water partition coefficient (Wildman–Crippen LogP) is 3.24. The lowest BCUT2D eigenvalue weighted by Gasteiger charge is -2.13. The molecule has 3 aromatic carbocycles. The quantitative estimate of drug-likeness (QED) is 0.489. The van der Waals surface area contributed by atoms with E-state index in [1.54, 1.807) is 48.5 Å². The molecule has 0 saturated heterocycles. The first kappa shape index (κ1) is 19.8. The molecule has 7 nitrogen and oxygen atoms in total. The normalized spacial score (nSPS) is 11.3. The zero-order chi connectivity index (χ0) is 20.8. The van der Waals surface area contributed by atoms with Crippen molar-refractivity contribution >= 4 is 17.9 Å². The van der Waals surface area contributed by atoms with Gasteiger partial charge in [-0.3, -0.25) is 0 Å². The molecule has 0 amide bonds. The van der Waals surface area contributed by atoms with Crippen LogP contribution in [0, 0.1) is 0 Å². The van der Waals surface area contributed by atoms with E-state index >= 15 is 0 Å². The van der Waals surface area contributed by atoms with Gasteiger partial charge in [-0.2, -0.15) is 0 Å². The smallest absolute Gasteiger partial charge is 0.343 e. The fourth-order valence-electron chi connectivity index (χ4n) is 2.47. The third kappa shape index (κ3) is 4.85. The summed E-state index contributed by atoms with van der Waals surface area (Å²) < 4.78 is 10.6. The van der Waals surface area contributed by atoms with E-state index in [9.17, 15) is 19.5 Å². The molecule has 0 aromatic heterocycles.